The van der Waals surface area contributed by atoms with Crippen molar-refractivity contribution in [1.29, 1.82) is 0 Å². The lowest BCUT2D eigenvalue weighted by atomic mass is 10.3. The SMILES string of the molecule is CCn1cc(CNc2cc(C)ccn2)cn1. The lowest BCUT2D eigenvalue weighted by Gasteiger charge is -2.03. The largest absolute Gasteiger partial charge is 0.366 e. The van der Waals surface area contributed by atoms with Gasteiger partial charge in [0.1, 0.15) is 5.82 Å². The first-order valence-electron chi connectivity index (χ1n) is 5.46. The molecule has 84 valence electrons. The Kier molecular flexibility index (Phi) is 3.19. The van der Waals surface area contributed by atoms with Crippen molar-refractivity contribution < 1.29 is 0 Å². The van der Waals surface area contributed by atoms with Gasteiger partial charge in [0.2, 0.25) is 0 Å². The molecule has 0 fully saturated rings. The molecule has 4 nitrogen and oxygen atoms in total. The van der Waals surface area contributed by atoms with Gasteiger partial charge in [0.25, 0.3) is 0 Å². The maximum absolute atomic E-state index is 4.24. The van der Waals surface area contributed by atoms with Crippen molar-refractivity contribution in [1.82, 2.24) is 14.8 Å². The van der Waals surface area contributed by atoms with Crippen LogP contribution in [0.3, 0.4) is 0 Å². The zero-order chi connectivity index (χ0) is 11.4. The summed E-state index contributed by atoms with van der Waals surface area (Å²) in [7, 11) is 0. The molecule has 2 aromatic rings. The Labute approximate surface area is 95.3 Å². The summed E-state index contributed by atoms with van der Waals surface area (Å²) in [5, 5.41) is 7.50. The summed E-state index contributed by atoms with van der Waals surface area (Å²) in [5.41, 5.74) is 2.38. The van der Waals surface area contributed by atoms with Crippen molar-refractivity contribution in [3.8, 4) is 0 Å². The van der Waals surface area contributed by atoms with E-state index in [9.17, 15) is 0 Å². The summed E-state index contributed by atoms with van der Waals surface area (Å²) in [4.78, 5) is 4.24. The summed E-state index contributed by atoms with van der Waals surface area (Å²) in [6, 6.07) is 4.02. The summed E-state index contributed by atoms with van der Waals surface area (Å²) in [6.45, 7) is 5.80. The van der Waals surface area contributed by atoms with Gasteiger partial charge in [0.15, 0.2) is 0 Å². The second-order valence-electron chi connectivity index (χ2n) is 3.78. The Morgan fingerprint density at radius 1 is 1.44 bits per heavy atom. The summed E-state index contributed by atoms with van der Waals surface area (Å²) in [6.07, 6.45) is 5.74. The van der Waals surface area contributed by atoms with Crippen LogP contribution >= 0.6 is 0 Å². The fraction of sp³-hybridized carbons (Fsp3) is 0.333. The van der Waals surface area contributed by atoms with Crippen molar-refractivity contribution in [3.05, 3.63) is 41.9 Å². The molecule has 1 N–H and O–H groups in total. The number of hydrogen-bond acceptors (Lipinski definition) is 3. The molecule has 0 aliphatic rings. The van der Waals surface area contributed by atoms with Crippen molar-refractivity contribution in [3.63, 3.8) is 0 Å². The predicted octanol–water partition coefficient (Wildman–Crippen LogP) is 2.22. The molecule has 16 heavy (non-hydrogen) atoms. The van der Waals surface area contributed by atoms with Crippen LogP contribution in [-0.4, -0.2) is 14.8 Å². The number of rotatable bonds is 4. The summed E-state index contributed by atoms with van der Waals surface area (Å²) < 4.78 is 1.92. The van der Waals surface area contributed by atoms with Crippen molar-refractivity contribution in [2.45, 2.75) is 26.9 Å². The summed E-state index contributed by atoms with van der Waals surface area (Å²) >= 11 is 0. The standard InChI is InChI=1S/C12H16N4/c1-3-16-9-11(8-15-16)7-14-12-6-10(2)4-5-13-12/h4-6,8-9H,3,7H2,1-2H3,(H,13,14). The highest BCUT2D eigenvalue weighted by Gasteiger charge is 1.98. The second kappa shape index (κ2) is 4.79. The molecule has 0 radical (unpaired) electrons. The van der Waals surface area contributed by atoms with Gasteiger partial charge in [-0.2, -0.15) is 5.10 Å². The maximum atomic E-state index is 4.24. The monoisotopic (exact) mass is 216 g/mol. The van der Waals surface area contributed by atoms with E-state index in [-0.39, 0.29) is 0 Å². The van der Waals surface area contributed by atoms with Crippen molar-refractivity contribution in [2.75, 3.05) is 5.32 Å². The molecule has 0 aromatic carbocycles. The molecular formula is C12H16N4. The van der Waals surface area contributed by atoms with Crippen LogP contribution in [0.4, 0.5) is 5.82 Å². The van der Waals surface area contributed by atoms with E-state index in [4.69, 9.17) is 0 Å². The van der Waals surface area contributed by atoms with Gasteiger partial charge in [-0.25, -0.2) is 4.98 Å². The van der Waals surface area contributed by atoms with E-state index in [1.54, 1.807) is 0 Å². The normalized spacial score (nSPS) is 10.4. The van der Waals surface area contributed by atoms with E-state index in [0.29, 0.717) is 0 Å². The van der Waals surface area contributed by atoms with Crippen LogP contribution in [-0.2, 0) is 13.1 Å². The predicted molar refractivity (Wildman–Crippen MR) is 64.2 cm³/mol. The first kappa shape index (κ1) is 10.7. The first-order chi connectivity index (χ1) is 7.78. The molecule has 0 saturated heterocycles. The Morgan fingerprint density at radius 2 is 2.31 bits per heavy atom. The van der Waals surface area contributed by atoms with Crippen molar-refractivity contribution >= 4 is 5.82 Å². The van der Waals surface area contributed by atoms with Crippen LogP contribution in [0, 0.1) is 6.92 Å². The molecule has 0 saturated carbocycles. The Hall–Kier alpha value is -1.84. The number of aryl methyl sites for hydroxylation is 2. The van der Waals surface area contributed by atoms with Gasteiger partial charge in [0.05, 0.1) is 6.20 Å². The minimum atomic E-state index is 0.760. The number of nitrogens with one attached hydrogen (secondary N) is 1. The molecule has 0 aliphatic heterocycles. The lowest BCUT2D eigenvalue weighted by molar-refractivity contribution is 0.659. The van der Waals surface area contributed by atoms with E-state index in [1.807, 2.05) is 35.4 Å². The Morgan fingerprint density at radius 3 is 3.00 bits per heavy atom. The molecule has 0 aliphatic carbocycles. The minimum Gasteiger partial charge on any atom is -0.366 e. The molecule has 4 heteroatoms. The minimum absolute atomic E-state index is 0.760. The van der Waals surface area contributed by atoms with Gasteiger partial charge in [-0.3, -0.25) is 4.68 Å². The van der Waals surface area contributed by atoms with Crippen LogP contribution in [0.25, 0.3) is 0 Å². The summed E-state index contributed by atoms with van der Waals surface area (Å²) in [5.74, 6) is 0.907. The van der Waals surface area contributed by atoms with E-state index in [2.05, 4.69) is 29.2 Å². The average Bonchev–Trinajstić information content (AvgIpc) is 2.74. The molecule has 0 amide bonds. The molecule has 0 atom stereocenters. The fourth-order valence-corrected chi connectivity index (χ4v) is 1.50. The third kappa shape index (κ3) is 2.59. The van der Waals surface area contributed by atoms with Gasteiger partial charge in [0, 0.05) is 31.0 Å². The van der Waals surface area contributed by atoms with E-state index < -0.39 is 0 Å². The van der Waals surface area contributed by atoms with Crippen molar-refractivity contribution in [2.24, 2.45) is 0 Å². The van der Waals surface area contributed by atoms with E-state index >= 15 is 0 Å². The average molecular weight is 216 g/mol. The number of hydrogen-bond donors (Lipinski definition) is 1. The number of anilines is 1. The molecule has 0 bridgehead atoms. The molecule has 2 rings (SSSR count). The third-order valence-electron chi connectivity index (χ3n) is 2.40. The number of pyridine rings is 1. The molecular weight excluding hydrogens is 200 g/mol. The zero-order valence-electron chi connectivity index (χ0n) is 9.64. The Balaban J connectivity index is 1.96. The number of nitrogens with zero attached hydrogens (tertiary/aromatic N) is 3. The van der Waals surface area contributed by atoms with Gasteiger partial charge in [-0.15, -0.1) is 0 Å². The van der Waals surface area contributed by atoms with Crippen LogP contribution in [0.1, 0.15) is 18.1 Å². The Bertz CT molecular complexity index is 462. The van der Waals surface area contributed by atoms with Gasteiger partial charge >= 0.3 is 0 Å². The fourth-order valence-electron chi connectivity index (χ4n) is 1.50. The molecule has 2 aromatic heterocycles. The molecule has 2 heterocycles. The van der Waals surface area contributed by atoms with Crippen LogP contribution in [0.5, 0.6) is 0 Å². The van der Waals surface area contributed by atoms with Gasteiger partial charge in [-0.05, 0) is 31.5 Å². The zero-order valence-corrected chi connectivity index (χ0v) is 9.64. The van der Waals surface area contributed by atoms with E-state index in [1.165, 1.54) is 11.1 Å². The highest BCUT2D eigenvalue weighted by atomic mass is 15.3. The number of aromatic nitrogens is 3. The lowest BCUT2D eigenvalue weighted by Crippen LogP contribution is -2.00. The van der Waals surface area contributed by atoms with Crippen LogP contribution in [0.2, 0.25) is 0 Å². The maximum Gasteiger partial charge on any atom is 0.126 e. The topological polar surface area (TPSA) is 42.7 Å². The van der Waals surface area contributed by atoms with Crippen LogP contribution in [0.15, 0.2) is 30.7 Å². The highest BCUT2D eigenvalue weighted by molar-refractivity contribution is 5.37. The first-order valence-corrected chi connectivity index (χ1v) is 5.46. The third-order valence-corrected chi connectivity index (χ3v) is 2.40. The molecule has 0 spiro atoms. The highest BCUT2D eigenvalue weighted by Crippen LogP contribution is 2.07. The second-order valence-corrected chi connectivity index (χ2v) is 3.78. The van der Waals surface area contributed by atoms with Gasteiger partial charge < -0.3 is 5.32 Å². The smallest absolute Gasteiger partial charge is 0.126 e. The van der Waals surface area contributed by atoms with Gasteiger partial charge in [-0.1, -0.05) is 0 Å². The molecule has 0 unspecified atom stereocenters. The quantitative estimate of drug-likeness (QED) is 0.852. The van der Waals surface area contributed by atoms with Crippen LogP contribution < -0.4 is 5.32 Å². The van der Waals surface area contributed by atoms with E-state index in [0.717, 1.165) is 18.9 Å².